The summed E-state index contributed by atoms with van der Waals surface area (Å²) >= 11 is 0. The number of carbonyl (C=O) groups is 2. The van der Waals surface area contributed by atoms with E-state index in [0.717, 1.165) is 60.4 Å². The van der Waals surface area contributed by atoms with Crippen LogP contribution in [0.25, 0.3) is 11.1 Å². The Morgan fingerprint density at radius 2 is 1.79 bits per heavy atom. The lowest BCUT2D eigenvalue weighted by atomic mass is 9.89. The molecule has 2 aromatic rings. The molecule has 0 radical (unpaired) electrons. The van der Waals surface area contributed by atoms with Crippen molar-refractivity contribution in [2.24, 2.45) is 0 Å². The molecule has 1 atom stereocenters. The van der Waals surface area contributed by atoms with Crippen molar-refractivity contribution in [2.75, 3.05) is 31.2 Å². The van der Waals surface area contributed by atoms with E-state index in [1.165, 1.54) is 0 Å². The van der Waals surface area contributed by atoms with Gasteiger partial charge >= 0.3 is 5.97 Å². The standard InChI is InChI=1S/C31H42N2O5/c1-9-19-37-31(8)15-17-33(18-16-31)27-25(24-13-11-23(20-34)12-14-24)21(3)32-22(4)26(27)28(29(35)36-10-2)38-30(5,6)7/h9,11-14,20,28H,1,10,15-19H2,2-8H3/t28-/m0/s1. The van der Waals surface area contributed by atoms with Crippen LogP contribution in [0.4, 0.5) is 5.69 Å². The summed E-state index contributed by atoms with van der Waals surface area (Å²) in [5.74, 6) is -0.434. The number of esters is 1. The van der Waals surface area contributed by atoms with Gasteiger partial charge in [-0.1, -0.05) is 30.3 Å². The number of carbonyl (C=O) groups excluding carboxylic acids is 2. The van der Waals surface area contributed by atoms with Crippen LogP contribution in [0.5, 0.6) is 0 Å². The lowest BCUT2D eigenvalue weighted by Crippen LogP contribution is -2.45. The first-order valence-electron chi connectivity index (χ1n) is 13.3. The number of ether oxygens (including phenoxy) is 3. The number of aromatic nitrogens is 1. The van der Waals surface area contributed by atoms with Crippen molar-refractivity contribution >= 4 is 17.9 Å². The number of nitrogens with zero attached hydrogens (tertiary/aromatic N) is 2. The van der Waals surface area contributed by atoms with Gasteiger partial charge in [-0.05, 0) is 66.9 Å². The van der Waals surface area contributed by atoms with Crippen LogP contribution in [0, 0.1) is 13.8 Å². The molecule has 1 saturated heterocycles. The highest BCUT2D eigenvalue weighted by Gasteiger charge is 2.38. The zero-order valence-electron chi connectivity index (χ0n) is 23.9. The normalized spacial score (nSPS) is 16.1. The summed E-state index contributed by atoms with van der Waals surface area (Å²) in [6, 6.07) is 7.47. The highest BCUT2D eigenvalue weighted by atomic mass is 16.6. The Balaban J connectivity index is 2.24. The molecule has 0 amide bonds. The first kappa shape index (κ1) is 29.5. The molecule has 1 aromatic heterocycles. The lowest BCUT2D eigenvalue weighted by molar-refractivity contribution is -0.166. The Morgan fingerprint density at radius 3 is 2.32 bits per heavy atom. The number of rotatable bonds is 10. The van der Waals surface area contributed by atoms with E-state index in [1.54, 1.807) is 25.1 Å². The molecule has 7 heteroatoms. The van der Waals surface area contributed by atoms with Gasteiger partial charge in [-0.15, -0.1) is 6.58 Å². The van der Waals surface area contributed by atoms with Crippen molar-refractivity contribution < 1.29 is 23.8 Å². The van der Waals surface area contributed by atoms with Crippen LogP contribution in [0.2, 0.25) is 0 Å². The molecule has 2 heterocycles. The van der Waals surface area contributed by atoms with Crippen LogP contribution in [0.15, 0.2) is 36.9 Å². The number of piperidine rings is 1. The molecule has 1 fully saturated rings. The van der Waals surface area contributed by atoms with E-state index in [0.29, 0.717) is 17.7 Å². The number of benzene rings is 1. The average Bonchev–Trinajstić information content (AvgIpc) is 2.86. The molecule has 0 bridgehead atoms. The van der Waals surface area contributed by atoms with Crippen LogP contribution in [0.3, 0.4) is 0 Å². The Bertz CT molecular complexity index is 1140. The Kier molecular flexibility index (Phi) is 9.49. The van der Waals surface area contributed by atoms with E-state index in [9.17, 15) is 9.59 Å². The van der Waals surface area contributed by atoms with Crippen molar-refractivity contribution in [3.05, 3.63) is 59.4 Å². The predicted molar refractivity (Wildman–Crippen MR) is 151 cm³/mol. The fraction of sp³-hybridized carbons (Fsp3) is 0.516. The summed E-state index contributed by atoms with van der Waals surface area (Å²) in [4.78, 5) is 31.9. The summed E-state index contributed by atoms with van der Waals surface area (Å²) in [5, 5.41) is 0. The van der Waals surface area contributed by atoms with E-state index in [1.807, 2.05) is 46.8 Å². The first-order chi connectivity index (χ1) is 17.9. The Hall–Kier alpha value is -3.03. The van der Waals surface area contributed by atoms with E-state index in [-0.39, 0.29) is 12.2 Å². The molecule has 0 saturated carbocycles. The van der Waals surface area contributed by atoms with E-state index in [4.69, 9.17) is 19.2 Å². The summed E-state index contributed by atoms with van der Waals surface area (Å²) in [5.41, 5.74) is 4.79. The molecular weight excluding hydrogens is 480 g/mol. The van der Waals surface area contributed by atoms with Gasteiger partial charge in [-0.3, -0.25) is 9.78 Å². The zero-order valence-corrected chi connectivity index (χ0v) is 23.9. The van der Waals surface area contributed by atoms with Gasteiger partial charge in [0.05, 0.1) is 30.1 Å². The van der Waals surface area contributed by atoms with Gasteiger partial charge in [0.2, 0.25) is 0 Å². The maximum absolute atomic E-state index is 13.4. The monoisotopic (exact) mass is 522 g/mol. The number of anilines is 1. The van der Waals surface area contributed by atoms with Crippen molar-refractivity contribution in [3.63, 3.8) is 0 Å². The van der Waals surface area contributed by atoms with Gasteiger partial charge in [-0.25, -0.2) is 4.79 Å². The van der Waals surface area contributed by atoms with Gasteiger partial charge in [0.15, 0.2) is 6.10 Å². The maximum atomic E-state index is 13.4. The summed E-state index contributed by atoms with van der Waals surface area (Å²) in [7, 11) is 0. The van der Waals surface area contributed by atoms with E-state index >= 15 is 0 Å². The number of aryl methyl sites for hydroxylation is 2. The fourth-order valence-electron chi connectivity index (χ4n) is 4.97. The van der Waals surface area contributed by atoms with Crippen LogP contribution >= 0.6 is 0 Å². The van der Waals surface area contributed by atoms with Gasteiger partial charge in [-0.2, -0.15) is 0 Å². The second-order valence-electron chi connectivity index (χ2n) is 11.1. The second kappa shape index (κ2) is 12.2. The fourth-order valence-corrected chi connectivity index (χ4v) is 4.97. The Morgan fingerprint density at radius 1 is 1.16 bits per heavy atom. The zero-order chi connectivity index (χ0) is 28.1. The minimum absolute atomic E-state index is 0.249. The smallest absolute Gasteiger partial charge is 0.340 e. The maximum Gasteiger partial charge on any atom is 0.340 e. The molecular formula is C31H42N2O5. The van der Waals surface area contributed by atoms with E-state index < -0.39 is 17.7 Å². The summed E-state index contributed by atoms with van der Waals surface area (Å²) < 4.78 is 18.0. The van der Waals surface area contributed by atoms with Crippen molar-refractivity contribution in [1.29, 1.82) is 0 Å². The molecule has 0 aliphatic carbocycles. The topological polar surface area (TPSA) is 78.0 Å². The van der Waals surface area contributed by atoms with Crippen LogP contribution < -0.4 is 4.90 Å². The van der Waals surface area contributed by atoms with Crippen LogP contribution in [-0.2, 0) is 19.0 Å². The van der Waals surface area contributed by atoms with Gasteiger partial charge < -0.3 is 19.1 Å². The Labute approximate surface area is 227 Å². The lowest BCUT2D eigenvalue weighted by Gasteiger charge is -2.42. The number of aldehydes is 1. The number of hydrogen-bond donors (Lipinski definition) is 0. The largest absolute Gasteiger partial charge is 0.464 e. The molecule has 1 aromatic carbocycles. The first-order valence-corrected chi connectivity index (χ1v) is 13.3. The van der Waals surface area contributed by atoms with Crippen molar-refractivity contribution in [2.45, 2.75) is 78.6 Å². The van der Waals surface area contributed by atoms with Crippen molar-refractivity contribution in [3.8, 4) is 11.1 Å². The van der Waals surface area contributed by atoms with Gasteiger partial charge in [0.25, 0.3) is 0 Å². The molecule has 1 aliphatic rings. The molecule has 0 spiro atoms. The highest BCUT2D eigenvalue weighted by molar-refractivity contribution is 5.89. The molecule has 3 rings (SSSR count). The quantitative estimate of drug-likeness (QED) is 0.210. The third kappa shape index (κ3) is 6.88. The highest BCUT2D eigenvalue weighted by Crippen LogP contribution is 2.44. The molecule has 38 heavy (non-hydrogen) atoms. The summed E-state index contributed by atoms with van der Waals surface area (Å²) in [6.07, 6.45) is 3.29. The third-order valence-corrected chi connectivity index (χ3v) is 6.84. The third-order valence-electron chi connectivity index (χ3n) is 6.84. The molecule has 0 unspecified atom stereocenters. The SMILES string of the molecule is C=CCOC1(C)CCN(c2c(-c3ccc(C=O)cc3)c(C)nc(C)c2[C@H](OC(C)(C)C)C(=O)OCC)CC1. The van der Waals surface area contributed by atoms with Crippen LogP contribution in [-0.4, -0.2) is 54.7 Å². The second-order valence-corrected chi connectivity index (χ2v) is 11.1. The molecule has 7 nitrogen and oxygen atoms in total. The molecule has 206 valence electrons. The minimum Gasteiger partial charge on any atom is -0.464 e. The number of pyridine rings is 1. The van der Waals surface area contributed by atoms with Gasteiger partial charge in [0.1, 0.15) is 6.29 Å². The molecule has 0 N–H and O–H groups in total. The van der Waals surface area contributed by atoms with E-state index in [2.05, 4.69) is 18.4 Å². The minimum atomic E-state index is -0.948. The summed E-state index contributed by atoms with van der Waals surface area (Å²) in [6.45, 7) is 19.6. The van der Waals surface area contributed by atoms with Crippen molar-refractivity contribution in [1.82, 2.24) is 4.98 Å². The number of hydrogen-bond acceptors (Lipinski definition) is 7. The van der Waals surface area contributed by atoms with Crippen LogP contribution in [0.1, 0.15) is 80.9 Å². The average molecular weight is 523 g/mol. The van der Waals surface area contributed by atoms with Gasteiger partial charge in [0, 0.05) is 41.2 Å². The predicted octanol–water partition coefficient (Wildman–Crippen LogP) is 6.16. The molecule has 1 aliphatic heterocycles.